The molecule has 6 nitrogen and oxygen atoms in total. The zero-order chi connectivity index (χ0) is 22.7. The fourth-order valence-corrected chi connectivity index (χ4v) is 4.28. The molecule has 1 fully saturated rings. The molecule has 3 aromatic rings. The number of piperazine rings is 1. The molecule has 4 rings (SSSR count). The van der Waals surface area contributed by atoms with Crippen molar-refractivity contribution < 1.29 is 8.81 Å². The Morgan fingerprint density at radius 3 is 2.38 bits per heavy atom. The van der Waals surface area contributed by atoms with Gasteiger partial charge in [0.2, 0.25) is 0 Å². The Morgan fingerprint density at radius 1 is 1.06 bits per heavy atom. The van der Waals surface area contributed by atoms with Crippen molar-refractivity contribution in [1.82, 2.24) is 19.6 Å². The molecule has 0 bridgehead atoms. The average Bonchev–Trinajstić information content (AvgIpc) is 3.42. The van der Waals surface area contributed by atoms with Crippen molar-refractivity contribution in [3.8, 4) is 5.69 Å². The van der Waals surface area contributed by atoms with Gasteiger partial charge in [-0.1, -0.05) is 6.92 Å². The first kappa shape index (κ1) is 22.6. The number of anilines is 1. The van der Waals surface area contributed by atoms with Crippen molar-refractivity contribution in [3.63, 3.8) is 0 Å². The number of halogens is 1. The van der Waals surface area contributed by atoms with Crippen LogP contribution in [0.15, 0.2) is 47.3 Å². The van der Waals surface area contributed by atoms with E-state index in [4.69, 9.17) is 9.52 Å². The van der Waals surface area contributed by atoms with Crippen molar-refractivity contribution in [2.24, 2.45) is 0 Å². The Bertz CT molecular complexity index is 988. The fraction of sp³-hybridized carbons (Fsp3) is 0.480. The summed E-state index contributed by atoms with van der Waals surface area (Å²) in [6.45, 7) is 12.2. The van der Waals surface area contributed by atoms with Crippen LogP contribution in [0.3, 0.4) is 0 Å². The predicted molar refractivity (Wildman–Crippen MR) is 126 cm³/mol. The van der Waals surface area contributed by atoms with Crippen LogP contribution in [-0.4, -0.2) is 58.8 Å². The summed E-state index contributed by atoms with van der Waals surface area (Å²) in [6, 6.07) is 9.04. The molecule has 2 aromatic heterocycles. The van der Waals surface area contributed by atoms with Gasteiger partial charge < -0.3 is 14.2 Å². The van der Waals surface area contributed by atoms with E-state index < -0.39 is 0 Å². The first-order valence-electron chi connectivity index (χ1n) is 11.5. The summed E-state index contributed by atoms with van der Waals surface area (Å²) < 4.78 is 21.0. The molecule has 7 heteroatoms. The maximum atomic E-state index is 13.6. The lowest BCUT2D eigenvalue weighted by molar-refractivity contribution is 0.202. The maximum absolute atomic E-state index is 13.6. The Balaban J connectivity index is 1.76. The van der Waals surface area contributed by atoms with E-state index in [0.29, 0.717) is 6.04 Å². The van der Waals surface area contributed by atoms with Crippen molar-refractivity contribution in [2.45, 2.75) is 46.3 Å². The molecular weight excluding hydrogens is 405 g/mol. The monoisotopic (exact) mass is 439 g/mol. The average molecular weight is 440 g/mol. The highest BCUT2D eigenvalue weighted by Crippen LogP contribution is 2.31. The molecule has 0 saturated carbocycles. The van der Waals surface area contributed by atoms with Crippen LogP contribution in [0.25, 0.3) is 5.69 Å². The van der Waals surface area contributed by atoms with E-state index in [-0.39, 0.29) is 5.82 Å². The number of likely N-dealkylation sites (N-methyl/N-ethyl adjacent to an activating group) is 1. The number of hydrogen-bond acceptors (Lipinski definition) is 5. The summed E-state index contributed by atoms with van der Waals surface area (Å²) in [5.41, 5.74) is 4.43. The molecule has 32 heavy (non-hydrogen) atoms. The van der Waals surface area contributed by atoms with Crippen molar-refractivity contribution in [1.29, 1.82) is 0 Å². The molecule has 3 heterocycles. The summed E-state index contributed by atoms with van der Waals surface area (Å²) in [6.07, 6.45) is 4.40. The summed E-state index contributed by atoms with van der Waals surface area (Å²) in [5.74, 6) is 0.906. The highest BCUT2D eigenvalue weighted by atomic mass is 19.1. The first-order valence-corrected chi connectivity index (χ1v) is 11.5. The van der Waals surface area contributed by atoms with Crippen LogP contribution in [-0.2, 0) is 19.5 Å². The van der Waals surface area contributed by atoms with E-state index in [0.717, 1.165) is 62.9 Å². The Labute approximate surface area is 190 Å². The second kappa shape index (κ2) is 9.88. The highest BCUT2D eigenvalue weighted by Gasteiger charge is 2.27. The lowest BCUT2D eigenvalue weighted by Gasteiger charge is -2.35. The Kier molecular flexibility index (Phi) is 6.96. The zero-order valence-corrected chi connectivity index (χ0v) is 19.6. The van der Waals surface area contributed by atoms with Crippen LogP contribution >= 0.6 is 0 Å². The maximum Gasteiger partial charge on any atom is 0.137 e. The minimum Gasteiger partial charge on any atom is -0.472 e. The van der Waals surface area contributed by atoms with Crippen LogP contribution in [0.5, 0.6) is 0 Å². The number of hydrogen-bond donors (Lipinski definition) is 0. The summed E-state index contributed by atoms with van der Waals surface area (Å²) in [7, 11) is 2.17. The molecule has 1 saturated heterocycles. The third kappa shape index (κ3) is 4.89. The number of furan rings is 1. The number of aryl methyl sites for hydroxylation is 1. The van der Waals surface area contributed by atoms with Gasteiger partial charge in [-0.3, -0.25) is 4.90 Å². The van der Waals surface area contributed by atoms with Gasteiger partial charge >= 0.3 is 0 Å². The number of rotatable bonds is 8. The molecule has 0 atom stereocenters. The standard InChI is InChI=1S/C25H34FN5O/c1-5-24-23(17-30(19(2)3)16-20-10-15-32-18-20)25(29-13-11-28(4)12-14-29)31(27-24)22-8-6-21(26)7-9-22/h6-10,15,18-19H,5,11-14,16-17H2,1-4H3. The largest absolute Gasteiger partial charge is 0.472 e. The third-order valence-electron chi connectivity index (χ3n) is 6.31. The van der Waals surface area contributed by atoms with Gasteiger partial charge in [0.05, 0.1) is 23.9 Å². The number of aromatic nitrogens is 2. The van der Waals surface area contributed by atoms with Crippen molar-refractivity contribution >= 4 is 5.82 Å². The second-order valence-corrected chi connectivity index (χ2v) is 8.91. The highest BCUT2D eigenvalue weighted by molar-refractivity contribution is 5.56. The van der Waals surface area contributed by atoms with Crippen LogP contribution in [0.4, 0.5) is 10.2 Å². The second-order valence-electron chi connectivity index (χ2n) is 8.91. The molecule has 0 radical (unpaired) electrons. The van der Waals surface area contributed by atoms with Crippen molar-refractivity contribution in [3.05, 3.63) is 65.5 Å². The number of benzene rings is 1. The van der Waals surface area contributed by atoms with Crippen molar-refractivity contribution in [2.75, 3.05) is 38.1 Å². The van der Waals surface area contributed by atoms with Gasteiger partial charge in [-0.05, 0) is 57.6 Å². The van der Waals surface area contributed by atoms with Gasteiger partial charge in [0.15, 0.2) is 0 Å². The summed E-state index contributed by atoms with van der Waals surface area (Å²) >= 11 is 0. The van der Waals surface area contributed by atoms with Gasteiger partial charge in [-0.15, -0.1) is 0 Å². The normalized spacial score (nSPS) is 15.3. The summed E-state index contributed by atoms with van der Waals surface area (Å²) in [4.78, 5) is 7.26. The van der Waals surface area contributed by atoms with E-state index >= 15 is 0 Å². The molecule has 0 aliphatic carbocycles. The van der Waals surface area contributed by atoms with E-state index in [2.05, 4.69) is 42.5 Å². The quantitative estimate of drug-likeness (QED) is 0.523. The minimum atomic E-state index is -0.232. The predicted octanol–water partition coefficient (Wildman–Crippen LogP) is 4.33. The molecule has 1 aliphatic rings. The molecule has 1 aliphatic heterocycles. The topological polar surface area (TPSA) is 40.7 Å². The Morgan fingerprint density at radius 2 is 1.78 bits per heavy atom. The molecule has 0 unspecified atom stereocenters. The molecule has 1 aromatic carbocycles. The molecule has 0 spiro atoms. The lowest BCUT2D eigenvalue weighted by atomic mass is 10.1. The Hall–Kier alpha value is -2.64. The van der Waals surface area contributed by atoms with E-state index in [1.807, 2.05) is 29.1 Å². The molecule has 0 amide bonds. The fourth-order valence-electron chi connectivity index (χ4n) is 4.28. The smallest absolute Gasteiger partial charge is 0.137 e. The molecule has 0 N–H and O–H groups in total. The lowest BCUT2D eigenvalue weighted by Crippen LogP contribution is -2.45. The summed E-state index contributed by atoms with van der Waals surface area (Å²) in [5, 5.41) is 5.03. The van der Waals surface area contributed by atoms with Gasteiger partial charge in [-0.25, -0.2) is 9.07 Å². The molecular formula is C25H34FN5O. The van der Waals surface area contributed by atoms with Crippen LogP contribution in [0, 0.1) is 5.82 Å². The van der Waals surface area contributed by atoms with Crippen LogP contribution in [0.1, 0.15) is 37.6 Å². The van der Waals surface area contributed by atoms with Gasteiger partial charge in [-0.2, -0.15) is 5.10 Å². The number of nitrogens with zero attached hydrogens (tertiary/aromatic N) is 5. The van der Waals surface area contributed by atoms with Gasteiger partial charge in [0.25, 0.3) is 0 Å². The van der Waals surface area contributed by atoms with Gasteiger partial charge in [0.1, 0.15) is 11.6 Å². The van der Waals surface area contributed by atoms with E-state index in [1.165, 1.54) is 23.3 Å². The minimum absolute atomic E-state index is 0.232. The van der Waals surface area contributed by atoms with Gasteiger partial charge in [0, 0.05) is 56.4 Å². The first-order chi connectivity index (χ1) is 15.5. The van der Waals surface area contributed by atoms with E-state index in [1.54, 1.807) is 6.26 Å². The molecule has 172 valence electrons. The zero-order valence-electron chi connectivity index (χ0n) is 19.6. The SMILES string of the molecule is CCc1nn(-c2ccc(F)cc2)c(N2CCN(C)CC2)c1CN(Cc1ccoc1)C(C)C. The van der Waals surface area contributed by atoms with Crippen LogP contribution < -0.4 is 4.90 Å². The van der Waals surface area contributed by atoms with E-state index in [9.17, 15) is 4.39 Å². The van der Waals surface area contributed by atoms with Crippen LogP contribution in [0.2, 0.25) is 0 Å². The third-order valence-corrected chi connectivity index (χ3v) is 6.31.